The summed E-state index contributed by atoms with van der Waals surface area (Å²) in [5, 5.41) is 3.91. The third-order valence-electron chi connectivity index (χ3n) is 4.59. The first-order valence-electron chi connectivity index (χ1n) is 7.37. The van der Waals surface area contributed by atoms with Crippen molar-refractivity contribution in [2.75, 3.05) is 0 Å². The van der Waals surface area contributed by atoms with Crippen molar-refractivity contribution in [3.8, 4) is 11.1 Å². The molecule has 2 aromatic rings. The quantitative estimate of drug-likeness (QED) is 0.877. The maximum Gasteiger partial charge on any atom is 0.254 e. The Labute approximate surface area is 129 Å². The molecule has 1 aromatic carbocycles. The summed E-state index contributed by atoms with van der Waals surface area (Å²) in [5.74, 6) is 0.0196. The summed E-state index contributed by atoms with van der Waals surface area (Å²) in [5.41, 5.74) is 3.64. The summed E-state index contributed by atoms with van der Waals surface area (Å²) < 4.78 is 0. The lowest BCUT2D eigenvalue weighted by Crippen LogP contribution is -2.52. The van der Waals surface area contributed by atoms with E-state index in [1.807, 2.05) is 30.5 Å². The molecule has 0 aliphatic carbocycles. The van der Waals surface area contributed by atoms with Gasteiger partial charge in [0.2, 0.25) is 0 Å². The Balaban J connectivity index is 2.05. The van der Waals surface area contributed by atoms with Crippen molar-refractivity contribution in [3.05, 3.63) is 46.7 Å². The summed E-state index contributed by atoms with van der Waals surface area (Å²) >= 11 is 5.93. The van der Waals surface area contributed by atoms with Gasteiger partial charge in [-0.3, -0.25) is 4.79 Å². The summed E-state index contributed by atoms with van der Waals surface area (Å²) in [4.78, 5) is 15.9. The van der Waals surface area contributed by atoms with E-state index >= 15 is 0 Å². The highest BCUT2D eigenvalue weighted by Crippen LogP contribution is 2.34. The van der Waals surface area contributed by atoms with Crippen LogP contribution in [0.2, 0.25) is 5.02 Å². The fourth-order valence-corrected chi connectivity index (χ4v) is 3.21. The summed E-state index contributed by atoms with van der Waals surface area (Å²) in [7, 11) is 0. The average molecular weight is 303 g/mol. The molecule has 4 heteroatoms. The number of amides is 1. The molecule has 0 bridgehead atoms. The largest absolute Gasteiger partial charge is 0.364 e. The molecule has 0 saturated carbocycles. The number of hydrogen-bond donors (Lipinski definition) is 2. The molecule has 0 fully saturated rings. The number of rotatable bonds is 3. The maximum atomic E-state index is 12.6. The summed E-state index contributed by atoms with van der Waals surface area (Å²) in [6.45, 7) is 4.25. The average Bonchev–Trinajstić information content (AvgIpc) is 2.92. The highest BCUT2D eigenvalue weighted by atomic mass is 35.5. The lowest BCUT2D eigenvalue weighted by molar-refractivity contribution is 0.0871. The number of carbonyl (C=O) groups excluding carboxylic acids is 1. The first-order chi connectivity index (χ1) is 10.1. The molecule has 3 rings (SSSR count). The van der Waals surface area contributed by atoms with Gasteiger partial charge in [0.1, 0.15) is 0 Å². The smallest absolute Gasteiger partial charge is 0.254 e. The van der Waals surface area contributed by atoms with Crippen LogP contribution in [0.3, 0.4) is 0 Å². The number of halogens is 1. The van der Waals surface area contributed by atoms with E-state index in [4.69, 9.17) is 11.6 Å². The molecular weight excluding hydrogens is 284 g/mol. The fourth-order valence-electron chi connectivity index (χ4n) is 3.08. The van der Waals surface area contributed by atoms with Gasteiger partial charge in [0, 0.05) is 34.4 Å². The molecule has 0 spiro atoms. The number of aromatic amines is 1. The van der Waals surface area contributed by atoms with E-state index in [0.717, 1.165) is 41.6 Å². The van der Waals surface area contributed by atoms with Gasteiger partial charge in [-0.15, -0.1) is 0 Å². The van der Waals surface area contributed by atoms with Crippen molar-refractivity contribution in [2.45, 2.75) is 38.6 Å². The standard InChI is InChI=1S/C17H19ClN2O/c1-3-17(4-2)9-14-15(16(21)20-17)13(10-19-14)11-5-7-12(18)8-6-11/h5-8,10,19H,3-4,9H2,1-2H3,(H,20,21). The highest BCUT2D eigenvalue weighted by Gasteiger charge is 2.37. The summed E-state index contributed by atoms with van der Waals surface area (Å²) in [6, 6.07) is 7.58. The van der Waals surface area contributed by atoms with Crippen LogP contribution in [0.1, 0.15) is 42.7 Å². The number of benzene rings is 1. The van der Waals surface area contributed by atoms with Crippen LogP contribution in [-0.4, -0.2) is 16.4 Å². The molecule has 0 atom stereocenters. The van der Waals surface area contributed by atoms with E-state index in [1.165, 1.54) is 0 Å². The Kier molecular flexibility index (Phi) is 3.54. The molecule has 0 radical (unpaired) electrons. The minimum absolute atomic E-state index is 0.0196. The maximum absolute atomic E-state index is 12.6. The molecule has 1 aromatic heterocycles. The van der Waals surface area contributed by atoms with Crippen molar-refractivity contribution in [1.82, 2.24) is 10.3 Å². The molecular formula is C17H19ClN2O. The predicted molar refractivity (Wildman–Crippen MR) is 85.7 cm³/mol. The second-order valence-corrected chi connectivity index (χ2v) is 6.12. The second kappa shape index (κ2) is 5.23. The zero-order chi connectivity index (χ0) is 15.0. The molecule has 0 saturated heterocycles. The first kappa shape index (κ1) is 14.2. The minimum atomic E-state index is -0.119. The van der Waals surface area contributed by atoms with Crippen LogP contribution in [0.25, 0.3) is 11.1 Å². The summed E-state index contributed by atoms with van der Waals surface area (Å²) in [6.07, 6.45) is 4.65. The molecule has 0 unspecified atom stereocenters. The van der Waals surface area contributed by atoms with Crippen LogP contribution in [0.15, 0.2) is 30.5 Å². The van der Waals surface area contributed by atoms with Gasteiger partial charge < -0.3 is 10.3 Å². The molecule has 1 aliphatic rings. The third kappa shape index (κ3) is 2.36. The van der Waals surface area contributed by atoms with Crippen LogP contribution in [0.4, 0.5) is 0 Å². The van der Waals surface area contributed by atoms with Crippen molar-refractivity contribution in [1.29, 1.82) is 0 Å². The lowest BCUT2D eigenvalue weighted by Gasteiger charge is -2.36. The van der Waals surface area contributed by atoms with Gasteiger partial charge >= 0.3 is 0 Å². The molecule has 110 valence electrons. The Morgan fingerprint density at radius 2 is 1.86 bits per heavy atom. The van der Waals surface area contributed by atoms with Gasteiger partial charge in [-0.2, -0.15) is 0 Å². The normalized spacial score (nSPS) is 16.4. The van der Waals surface area contributed by atoms with Crippen LogP contribution >= 0.6 is 11.6 Å². The van der Waals surface area contributed by atoms with Crippen molar-refractivity contribution in [3.63, 3.8) is 0 Å². The van der Waals surface area contributed by atoms with E-state index in [2.05, 4.69) is 24.1 Å². The van der Waals surface area contributed by atoms with Crippen molar-refractivity contribution in [2.24, 2.45) is 0 Å². The van der Waals surface area contributed by atoms with Gasteiger partial charge in [0.25, 0.3) is 5.91 Å². The van der Waals surface area contributed by atoms with Gasteiger partial charge in [0.05, 0.1) is 5.56 Å². The topological polar surface area (TPSA) is 44.9 Å². The molecule has 21 heavy (non-hydrogen) atoms. The first-order valence-corrected chi connectivity index (χ1v) is 7.75. The van der Waals surface area contributed by atoms with E-state index in [1.54, 1.807) is 0 Å². The number of nitrogens with one attached hydrogen (secondary N) is 2. The second-order valence-electron chi connectivity index (χ2n) is 5.68. The molecule has 1 aliphatic heterocycles. The SMILES string of the molecule is CCC1(CC)Cc2[nH]cc(-c3ccc(Cl)cc3)c2C(=O)N1. The Morgan fingerprint density at radius 3 is 2.48 bits per heavy atom. The van der Waals surface area contributed by atoms with E-state index in [9.17, 15) is 4.79 Å². The predicted octanol–water partition coefficient (Wildman–Crippen LogP) is 4.18. The van der Waals surface area contributed by atoms with Crippen LogP contribution < -0.4 is 5.32 Å². The van der Waals surface area contributed by atoms with Crippen LogP contribution in [0.5, 0.6) is 0 Å². The molecule has 3 nitrogen and oxygen atoms in total. The Hall–Kier alpha value is -1.74. The van der Waals surface area contributed by atoms with Gasteiger partial charge in [-0.1, -0.05) is 37.6 Å². The Bertz CT molecular complexity index is 669. The fraction of sp³-hybridized carbons (Fsp3) is 0.353. The van der Waals surface area contributed by atoms with E-state index in [0.29, 0.717) is 5.02 Å². The molecule has 2 heterocycles. The van der Waals surface area contributed by atoms with Crippen LogP contribution in [0, 0.1) is 0 Å². The van der Waals surface area contributed by atoms with E-state index in [-0.39, 0.29) is 11.4 Å². The molecule has 1 amide bonds. The van der Waals surface area contributed by atoms with Crippen molar-refractivity contribution >= 4 is 17.5 Å². The van der Waals surface area contributed by atoms with Gasteiger partial charge in [0.15, 0.2) is 0 Å². The number of hydrogen-bond acceptors (Lipinski definition) is 1. The molecule has 2 N–H and O–H groups in total. The lowest BCUT2D eigenvalue weighted by atomic mass is 9.82. The monoisotopic (exact) mass is 302 g/mol. The number of fused-ring (bicyclic) bond motifs is 1. The minimum Gasteiger partial charge on any atom is -0.364 e. The zero-order valence-electron chi connectivity index (χ0n) is 12.3. The highest BCUT2D eigenvalue weighted by molar-refractivity contribution is 6.30. The zero-order valence-corrected chi connectivity index (χ0v) is 13.1. The van der Waals surface area contributed by atoms with Crippen molar-refractivity contribution < 1.29 is 4.79 Å². The number of aromatic nitrogens is 1. The van der Waals surface area contributed by atoms with Gasteiger partial charge in [-0.25, -0.2) is 0 Å². The van der Waals surface area contributed by atoms with Crippen LogP contribution in [-0.2, 0) is 6.42 Å². The van der Waals surface area contributed by atoms with Gasteiger partial charge in [-0.05, 0) is 30.5 Å². The number of carbonyl (C=O) groups is 1. The van der Waals surface area contributed by atoms with E-state index < -0.39 is 0 Å². The number of H-pyrrole nitrogens is 1. The third-order valence-corrected chi connectivity index (χ3v) is 4.84. The Morgan fingerprint density at radius 1 is 1.19 bits per heavy atom.